The van der Waals surface area contributed by atoms with Gasteiger partial charge in [-0.25, -0.2) is 4.98 Å². The van der Waals surface area contributed by atoms with E-state index in [1.54, 1.807) is 30.4 Å². The number of piperazine rings is 1. The lowest BCUT2D eigenvalue weighted by Gasteiger charge is -2.36. The van der Waals surface area contributed by atoms with E-state index in [4.69, 9.17) is 0 Å². The van der Waals surface area contributed by atoms with Crippen LogP contribution in [0.1, 0.15) is 18.6 Å². The summed E-state index contributed by atoms with van der Waals surface area (Å²) in [6.07, 6.45) is 1.18. The molecule has 2 N–H and O–H groups in total. The summed E-state index contributed by atoms with van der Waals surface area (Å²) in [6.45, 7) is 5.29. The van der Waals surface area contributed by atoms with Crippen LogP contribution >= 0.6 is 11.3 Å². The predicted molar refractivity (Wildman–Crippen MR) is 85.3 cm³/mol. The number of anilines is 2. The Hall–Kier alpha value is -1.79. The zero-order valence-electron chi connectivity index (χ0n) is 11.9. The lowest BCUT2D eigenvalue weighted by Crippen LogP contribution is -2.46. The number of hydrogen-bond acceptors (Lipinski definition) is 6. The normalized spacial score (nSPS) is 17.0. The van der Waals surface area contributed by atoms with Gasteiger partial charge in [-0.2, -0.15) is 0 Å². The van der Waals surface area contributed by atoms with Gasteiger partial charge in [0.15, 0.2) is 5.13 Å². The highest BCUT2D eigenvalue weighted by Crippen LogP contribution is 2.30. The van der Waals surface area contributed by atoms with Gasteiger partial charge in [0, 0.05) is 55.1 Å². The van der Waals surface area contributed by atoms with Gasteiger partial charge in [-0.1, -0.05) is 6.07 Å². The Bertz CT molecular complexity index is 593. The van der Waals surface area contributed by atoms with Crippen LogP contribution in [-0.2, 0) is 0 Å². The molecule has 1 atom stereocenters. The van der Waals surface area contributed by atoms with Crippen molar-refractivity contribution in [1.82, 2.24) is 4.98 Å². The molecule has 0 spiro atoms. The Morgan fingerprint density at radius 3 is 2.48 bits per heavy atom. The Morgan fingerprint density at radius 2 is 1.90 bits per heavy atom. The molecule has 5 nitrogen and oxygen atoms in total. The van der Waals surface area contributed by atoms with E-state index in [0.29, 0.717) is 5.56 Å². The summed E-state index contributed by atoms with van der Waals surface area (Å²) in [5, 5.41) is 22.6. The second-order valence-electron chi connectivity index (χ2n) is 5.21. The molecular formula is C15H19N3O2S. The molecule has 0 amide bonds. The van der Waals surface area contributed by atoms with E-state index in [1.165, 1.54) is 0 Å². The maximum Gasteiger partial charge on any atom is 0.185 e. The molecule has 2 heterocycles. The minimum absolute atomic E-state index is 0.157. The highest BCUT2D eigenvalue weighted by molar-refractivity contribution is 7.13. The van der Waals surface area contributed by atoms with Crippen LogP contribution in [0.25, 0.3) is 0 Å². The second-order valence-corrected chi connectivity index (χ2v) is 6.08. The number of aromatic hydroxyl groups is 1. The molecule has 6 heteroatoms. The number of benzene rings is 1. The molecule has 1 aromatic carbocycles. The van der Waals surface area contributed by atoms with Crippen molar-refractivity contribution in [1.29, 1.82) is 0 Å². The SMILES string of the molecule is CC(O)c1ccc(N2CCN(c3nccs3)CC2)cc1O. The molecule has 21 heavy (non-hydrogen) atoms. The molecule has 0 radical (unpaired) electrons. The van der Waals surface area contributed by atoms with E-state index in [1.807, 2.05) is 17.6 Å². The first-order chi connectivity index (χ1) is 10.1. The summed E-state index contributed by atoms with van der Waals surface area (Å²) < 4.78 is 0. The number of nitrogens with zero attached hydrogens (tertiary/aromatic N) is 3. The van der Waals surface area contributed by atoms with Crippen molar-refractivity contribution < 1.29 is 10.2 Å². The zero-order valence-corrected chi connectivity index (χ0v) is 12.8. The van der Waals surface area contributed by atoms with Gasteiger partial charge in [0.1, 0.15) is 5.75 Å². The highest BCUT2D eigenvalue weighted by atomic mass is 32.1. The van der Waals surface area contributed by atoms with E-state index in [0.717, 1.165) is 37.0 Å². The first kappa shape index (κ1) is 14.2. The average molecular weight is 305 g/mol. The summed E-state index contributed by atoms with van der Waals surface area (Å²) in [5.74, 6) is 0.157. The van der Waals surface area contributed by atoms with Crippen molar-refractivity contribution >= 4 is 22.2 Å². The summed E-state index contributed by atoms with van der Waals surface area (Å²) >= 11 is 1.66. The standard InChI is InChI=1S/C15H19N3O2S/c1-11(19)13-3-2-12(10-14(13)20)17-5-7-18(8-6-17)15-16-4-9-21-15/h2-4,9-11,19-20H,5-8H2,1H3. The number of aromatic nitrogens is 1. The van der Waals surface area contributed by atoms with E-state index in [2.05, 4.69) is 14.8 Å². The third-order valence-electron chi connectivity index (χ3n) is 3.80. The van der Waals surface area contributed by atoms with Crippen molar-refractivity contribution in [2.75, 3.05) is 36.0 Å². The van der Waals surface area contributed by atoms with Crippen molar-refractivity contribution in [3.63, 3.8) is 0 Å². The lowest BCUT2D eigenvalue weighted by molar-refractivity contribution is 0.195. The largest absolute Gasteiger partial charge is 0.507 e. The average Bonchev–Trinajstić information content (AvgIpc) is 3.01. The highest BCUT2D eigenvalue weighted by Gasteiger charge is 2.20. The fraction of sp³-hybridized carbons (Fsp3) is 0.400. The fourth-order valence-corrected chi connectivity index (χ4v) is 3.31. The number of hydrogen-bond donors (Lipinski definition) is 2. The molecule has 1 fully saturated rings. The van der Waals surface area contributed by atoms with Crippen LogP contribution in [0.2, 0.25) is 0 Å². The number of phenols is 1. The monoisotopic (exact) mass is 305 g/mol. The second kappa shape index (κ2) is 5.91. The molecule has 1 aromatic heterocycles. The van der Waals surface area contributed by atoms with Gasteiger partial charge in [0.2, 0.25) is 0 Å². The van der Waals surface area contributed by atoms with Gasteiger partial charge in [0.05, 0.1) is 6.10 Å². The van der Waals surface area contributed by atoms with Crippen LogP contribution in [0, 0.1) is 0 Å². The van der Waals surface area contributed by atoms with Crippen molar-refractivity contribution in [3.05, 3.63) is 35.3 Å². The number of thiazole rings is 1. The molecule has 0 bridgehead atoms. The maximum atomic E-state index is 9.99. The van der Waals surface area contributed by atoms with E-state index >= 15 is 0 Å². The van der Waals surface area contributed by atoms with Gasteiger partial charge in [-0.3, -0.25) is 0 Å². The molecule has 1 unspecified atom stereocenters. The molecule has 3 rings (SSSR count). The maximum absolute atomic E-state index is 9.99. The first-order valence-electron chi connectivity index (χ1n) is 7.05. The van der Waals surface area contributed by atoms with Crippen molar-refractivity contribution in [3.8, 4) is 5.75 Å². The molecule has 1 saturated heterocycles. The molecule has 1 aliphatic rings. The molecular weight excluding hydrogens is 286 g/mol. The minimum atomic E-state index is -0.652. The van der Waals surface area contributed by atoms with Gasteiger partial charge in [0.25, 0.3) is 0 Å². The summed E-state index contributed by atoms with van der Waals surface area (Å²) in [4.78, 5) is 8.87. The topological polar surface area (TPSA) is 59.8 Å². The quantitative estimate of drug-likeness (QED) is 0.910. The number of aliphatic hydroxyl groups is 1. The zero-order chi connectivity index (χ0) is 14.8. The third-order valence-corrected chi connectivity index (χ3v) is 4.63. The van der Waals surface area contributed by atoms with Crippen LogP contribution in [0.15, 0.2) is 29.8 Å². The molecule has 0 aliphatic carbocycles. The van der Waals surface area contributed by atoms with Gasteiger partial charge in [-0.05, 0) is 13.0 Å². The number of rotatable bonds is 3. The van der Waals surface area contributed by atoms with E-state index in [9.17, 15) is 10.2 Å². The molecule has 2 aromatic rings. The summed E-state index contributed by atoms with van der Waals surface area (Å²) in [7, 11) is 0. The van der Waals surface area contributed by atoms with Crippen LogP contribution in [0.4, 0.5) is 10.8 Å². The first-order valence-corrected chi connectivity index (χ1v) is 7.93. The Morgan fingerprint density at radius 1 is 1.19 bits per heavy atom. The van der Waals surface area contributed by atoms with Crippen LogP contribution in [0.5, 0.6) is 5.75 Å². The van der Waals surface area contributed by atoms with Crippen molar-refractivity contribution in [2.45, 2.75) is 13.0 Å². The smallest absolute Gasteiger partial charge is 0.185 e. The fourth-order valence-electron chi connectivity index (χ4n) is 2.61. The Balaban J connectivity index is 1.68. The van der Waals surface area contributed by atoms with Gasteiger partial charge < -0.3 is 20.0 Å². The van der Waals surface area contributed by atoms with Gasteiger partial charge >= 0.3 is 0 Å². The summed E-state index contributed by atoms with van der Waals surface area (Å²) in [5.41, 5.74) is 1.57. The van der Waals surface area contributed by atoms with E-state index < -0.39 is 6.10 Å². The van der Waals surface area contributed by atoms with Crippen molar-refractivity contribution in [2.24, 2.45) is 0 Å². The molecule has 1 aliphatic heterocycles. The van der Waals surface area contributed by atoms with Gasteiger partial charge in [-0.15, -0.1) is 11.3 Å². The summed E-state index contributed by atoms with van der Waals surface area (Å²) in [6, 6.07) is 5.49. The predicted octanol–water partition coefficient (Wildman–Crippen LogP) is 2.23. The van der Waals surface area contributed by atoms with Crippen LogP contribution < -0.4 is 9.80 Å². The Labute approximate surface area is 128 Å². The van der Waals surface area contributed by atoms with E-state index in [-0.39, 0.29) is 5.75 Å². The minimum Gasteiger partial charge on any atom is -0.507 e. The van der Waals surface area contributed by atoms with Crippen LogP contribution in [0.3, 0.4) is 0 Å². The molecule has 112 valence electrons. The number of aliphatic hydroxyl groups excluding tert-OH is 1. The van der Waals surface area contributed by atoms with Crippen LogP contribution in [-0.4, -0.2) is 41.4 Å². The molecule has 0 saturated carbocycles. The number of phenolic OH excluding ortho intramolecular Hbond substituents is 1. The third kappa shape index (κ3) is 2.96. The lowest BCUT2D eigenvalue weighted by atomic mass is 10.1. The Kier molecular flexibility index (Phi) is 3.98.